The molecule has 1 aromatic carbocycles. The number of aliphatic hydroxyl groups excluding tert-OH is 2. The maximum atomic E-state index is 12.3. The van der Waals surface area contributed by atoms with Gasteiger partial charge in [0.2, 0.25) is 5.91 Å². The molecule has 0 radical (unpaired) electrons. The van der Waals surface area contributed by atoms with Crippen molar-refractivity contribution < 1.29 is 15.0 Å². The summed E-state index contributed by atoms with van der Waals surface area (Å²) in [6, 6.07) is 13.2. The van der Waals surface area contributed by atoms with E-state index in [1.807, 2.05) is 42.5 Å². The number of benzene rings is 1. The van der Waals surface area contributed by atoms with Crippen LogP contribution in [-0.4, -0.2) is 74.9 Å². The van der Waals surface area contributed by atoms with Crippen molar-refractivity contribution in [1.29, 1.82) is 0 Å². The highest BCUT2D eigenvalue weighted by molar-refractivity contribution is 6.30. The van der Waals surface area contributed by atoms with Gasteiger partial charge in [-0.1, -0.05) is 23.7 Å². The minimum absolute atomic E-state index is 0.0735. The molecule has 2 aromatic heterocycles. The van der Waals surface area contributed by atoms with Gasteiger partial charge in [-0.25, -0.2) is 9.97 Å². The van der Waals surface area contributed by atoms with Crippen LogP contribution >= 0.6 is 11.6 Å². The maximum absolute atomic E-state index is 12.3. The minimum atomic E-state index is -1.02. The Labute approximate surface area is 191 Å². The van der Waals surface area contributed by atoms with Crippen molar-refractivity contribution in [3.05, 3.63) is 59.9 Å². The monoisotopic (exact) mass is 453 g/mol. The number of aromatic nitrogens is 3. The smallest absolute Gasteiger partial charge is 0.225 e. The molecule has 1 amide bonds. The number of hydrogen-bond donors (Lipinski definition) is 2. The van der Waals surface area contributed by atoms with E-state index >= 15 is 0 Å². The molecule has 166 valence electrons. The number of rotatable bonds is 6. The fraction of sp³-hybridized carbons (Fsp3) is 0.304. The average Bonchev–Trinajstić information content (AvgIpc) is 2.84. The number of hydrogen-bond acceptors (Lipinski definition) is 7. The molecule has 0 aliphatic carbocycles. The Balaban J connectivity index is 1.59. The fourth-order valence-electron chi connectivity index (χ4n) is 3.57. The summed E-state index contributed by atoms with van der Waals surface area (Å²) >= 11 is 6.05. The molecule has 3 aromatic rings. The molecule has 0 bridgehead atoms. The molecule has 1 atom stereocenters. The molecule has 1 unspecified atom stereocenters. The lowest BCUT2D eigenvalue weighted by Crippen LogP contribution is -2.49. The summed E-state index contributed by atoms with van der Waals surface area (Å²) < 4.78 is 0. The van der Waals surface area contributed by atoms with Gasteiger partial charge in [0.25, 0.3) is 0 Å². The zero-order chi connectivity index (χ0) is 22.5. The normalized spacial score (nSPS) is 15.0. The third-order valence-electron chi connectivity index (χ3n) is 5.35. The second-order valence-electron chi connectivity index (χ2n) is 7.59. The van der Waals surface area contributed by atoms with E-state index in [1.54, 1.807) is 17.3 Å². The van der Waals surface area contributed by atoms with Crippen molar-refractivity contribution in [2.45, 2.75) is 12.5 Å². The summed E-state index contributed by atoms with van der Waals surface area (Å²) in [7, 11) is 0. The number of piperazine rings is 1. The Bertz CT molecular complexity index is 1060. The van der Waals surface area contributed by atoms with Crippen molar-refractivity contribution in [1.82, 2.24) is 19.9 Å². The first kappa shape index (κ1) is 22.1. The molecule has 2 N–H and O–H groups in total. The lowest BCUT2D eigenvalue weighted by Gasteiger charge is -2.36. The second-order valence-corrected chi connectivity index (χ2v) is 8.03. The molecule has 0 saturated carbocycles. The van der Waals surface area contributed by atoms with Crippen molar-refractivity contribution >= 4 is 23.3 Å². The Morgan fingerprint density at radius 2 is 1.81 bits per heavy atom. The molecular weight excluding hydrogens is 430 g/mol. The summed E-state index contributed by atoms with van der Waals surface area (Å²) in [5.41, 5.74) is 2.52. The summed E-state index contributed by atoms with van der Waals surface area (Å²) in [5, 5.41) is 19.2. The van der Waals surface area contributed by atoms with Crippen molar-refractivity contribution in [2.75, 3.05) is 37.7 Å². The van der Waals surface area contributed by atoms with E-state index in [1.165, 1.54) is 0 Å². The van der Waals surface area contributed by atoms with Crippen LogP contribution in [0.25, 0.3) is 22.6 Å². The summed E-state index contributed by atoms with van der Waals surface area (Å²) in [4.78, 5) is 29.8. The van der Waals surface area contributed by atoms with E-state index < -0.39 is 12.7 Å². The van der Waals surface area contributed by atoms with Gasteiger partial charge in [-0.15, -0.1) is 0 Å². The van der Waals surface area contributed by atoms with Crippen LogP contribution in [-0.2, 0) is 4.79 Å². The topological polar surface area (TPSA) is 103 Å². The highest BCUT2D eigenvalue weighted by atomic mass is 35.5. The standard InChI is InChI=1S/C23H24ClN5O3/c24-18-5-3-16(4-6-18)20-13-21(27-23(26-20)17-2-1-7-25-14-17)28-8-10-29(11-9-28)22(32)12-19(31)15-30/h1-7,13-14,19,30-31H,8-12,15H2. The molecule has 9 heteroatoms. The second kappa shape index (κ2) is 10.0. The molecule has 1 aliphatic rings. The van der Waals surface area contributed by atoms with E-state index in [0.717, 1.165) is 22.6 Å². The Morgan fingerprint density at radius 3 is 2.47 bits per heavy atom. The summed E-state index contributed by atoms with van der Waals surface area (Å²) in [6.45, 7) is 1.81. The van der Waals surface area contributed by atoms with Gasteiger partial charge in [0.05, 0.1) is 24.8 Å². The number of pyridine rings is 1. The third-order valence-corrected chi connectivity index (χ3v) is 5.60. The number of nitrogens with zero attached hydrogens (tertiary/aromatic N) is 5. The van der Waals surface area contributed by atoms with Crippen molar-refractivity contribution in [3.63, 3.8) is 0 Å². The van der Waals surface area contributed by atoms with E-state index in [2.05, 4.69) is 9.88 Å². The van der Waals surface area contributed by atoms with Crippen LogP contribution in [0.5, 0.6) is 0 Å². The van der Waals surface area contributed by atoms with Crippen LogP contribution in [0.2, 0.25) is 5.02 Å². The predicted octanol–water partition coefficient (Wildman–Crippen LogP) is 2.25. The molecule has 32 heavy (non-hydrogen) atoms. The number of amides is 1. The van der Waals surface area contributed by atoms with Gasteiger partial charge >= 0.3 is 0 Å². The van der Waals surface area contributed by atoms with Crippen LogP contribution in [0.3, 0.4) is 0 Å². The predicted molar refractivity (Wildman–Crippen MR) is 122 cm³/mol. The van der Waals surface area contributed by atoms with Crippen LogP contribution in [0.15, 0.2) is 54.9 Å². The third kappa shape index (κ3) is 5.21. The molecule has 4 rings (SSSR count). The Hall–Kier alpha value is -3.07. The lowest BCUT2D eigenvalue weighted by atomic mass is 10.1. The Morgan fingerprint density at radius 1 is 1.06 bits per heavy atom. The average molecular weight is 454 g/mol. The molecule has 1 aliphatic heterocycles. The molecule has 8 nitrogen and oxygen atoms in total. The zero-order valence-corrected chi connectivity index (χ0v) is 18.2. The highest BCUT2D eigenvalue weighted by Gasteiger charge is 2.24. The van der Waals surface area contributed by atoms with E-state index in [9.17, 15) is 9.90 Å². The highest BCUT2D eigenvalue weighted by Crippen LogP contribution is 2.27. The Kier molecular flexibility index (Phi) is 6.94. The van der Waals surface area contributed by atoms with Gasteiger partial charge in [0.1, 0.15) is 5.82 Å². The van der Waals surface area contributed by atoms with Crippen LogP contribution in [0.1, 0.15) is 6.42 Å². The number of carbonyl (C=O) groups excluding carboxylic acids is 1. The fourth-order valence-corrected chi connectivity index (χ4v) is 3.70. The first-order chi connectivity index (χ1) is 15.5. The quantitative estimate of drug-likeness (QED) is 0.590. The van der Waals surface area contributed by atoms with Crippen molar-refractivity contribution in [3.8, 4) is 22.6 Å². The molecule has 1 saturated heterocycles. The van der Waals surface area contributed by atoms with Crippen molar-refractivity contribution in [2.24, 2.45) is 0 Å². The van der Waals surface area contributed by atoms with E-state index in [4.69, 9.17) is 26.7 Å². The number of aliphatic hydroxyl groups is 2. The number of anilines is 1. The van der Waals surface area contributed by atoms with Gasteiger partial charge < -0.3 is 20.0 Å². The largest absolute Gasteiger partial charge is 0.394 e. The molecule has 3 heterocycles. The van der Waals surface area contributed by atoms with E-state index in [-0.39, 0.29) is 12.3 Å². The van der Waals surface area contributed by atoms with Crippen LogP contribution in [0, 0.1) is 0 Å². The molecular formula is C23H24ClN5O3. The van der Waals surface area contributed by atoms with E-state index in [0.29, 0.717) is 37.0 Å². The molecule has 1 fully saturated rings. The van der Waals surface area contributed by atoms with Gasteiger partial charge in [-0.05, 0) is 24.3 Å². The number of halogens is 1. The number of carbonyl (C=O) groups is 1. The van der Waals surface area contributed by atoms with Crippen LogP contribution < -0.4 is 4.90 Å². The van der Waals surface area contributed by atoms with Crippen LogP contribution in [0.4, 0.5) is 5.82 Å². The zero-order valence-electron chi connectivity index (χ0n) is 17.4. The SMILES string of the molecule is O=C(CC(O)CO)N1CCN(c2cc(-c3ccc(Cl)cc3)nc(-c3cccnc3)n2)CC1. The van der Waals surface area contributed by atoms with Gasteiger partial charge in [0, 0.05) is 60.8 Å². The molecule has 0 spiro atoms. The van der Waals surface area contributed by atoms with Gasteiger partial charge in [0.15, 0.2) is 5.82 Å². The first-order valence-corrected chi connectivity index (χ1v) is 10.8. The summed E-state index contributed by atoms with van der Waals surface area (Å²) in [6.07, 6.45) is 2.34. The minimum Gasteiger partial charge on any atom is -0.394 e. The lowest BCUT2D eigenvalue weighted by molar-refractivity contribution is -0.134. The maximum Gasteiger partial charge on any atom is 0.225 e. The van der Waals surface area contributed by atoms with Gasteiger partial charge in [-0.2, -0.15) is 0 Å². The first-order valence-electron chi connectivity index (χ1n) is 10.4. The van der Waals surface area contributed by atoms with Gasteiger partial charge in [-0.3, -0.25) is 9.78 Å². The summed E-state index contributed by atoms with van der Waals surface area (Å²) in [5.74, 6) is 1.18.